The van der Waals surface area contributed by atoms with Crippen molar-refractivity contribution in [1.29, 1.82) is 0 Å². The molecule has 0 aliphatic heterocycles. The molecule has 4 heteroatoms. The van der Waals surface area contributed by atoms with Crippen molar-refractivity contribution in [3.63, 3.8) is 0 Å². The van der Waals surface area contributed by atoms with E-state index < -0.39 is 0 Å². The number of unbranched alkanes of at least 4 members (excludes halogenated alkanes) is 10. The summed E-state index contributed by atoms with van der Waals surface area (Å²) in [4.78, 5) is 6.90. The molecule has 4 nitrogen and oxygen atoms in total. The van der Waals surface area contributed by atoms with Crippen molar-refractivity contribution >= 4 is 0 Å². The molecule has 0 aromatic heterocycles. The van der Waals surface area contributed by atoms with Gasteiger partial charge in [-0.05, 0) is 226 Å². The number of hydrogen-bond acceptors (Lipinski definition) is 4. The lowest BCUT2D eigenvalue weighted by atomic mass is 9.45. The third kappa shape index (κ3) is 14.5. The quantitative estimate of drug-likeness (QED) is 0.0900. The molecule has 0 aromatic rings. The molecule has 10 rings (SSSR count). The molecule has 10 atom stereocenters. The Labute approximate surface area is 460 Å². The molecular weight excluding hydrogens is 901 g/mol. The first kappa shape index (κ1) is 57.1. The lowest BCUT2D eigenvalue weighted by molar-refractivity contribution is -0.224. The largest absolute Gasteiger partial charge is 0.375 e. The van der Waals surface area contributed by atoms with E-state index in [2.05, 4.69) is 37.5 Å². The van der Waals surface area contributed by atoms with Gasteiger partial charge in [-0.15, -0.1) is 0 Å². The van der Waals surface area contributed by atoms with Gasteiger partial charge in [0.05, 0.1) is 24.4 Å². The van der Waals surface area contributed by atoms with Crippen molar-refractivity contribution in [3.8, 4) is 0 Å². The smallest absolute Gasteiger partial charge is 0.0624 e. The predicted octanol–water partition coefficient (Wildman–Crippen LogP) is 19.6. The van der Waals surface area contributed by atoms with Crippen LogP contribution in [0.3, 0.4) is 0 Å². The highest BCUT2D eigenvalue weighted by Gasteiger charge is 2.63. The van der Waals surface area contributed by atoms with Crippen LogP contribution in [-0.2, 0) is 9.47 Å². The average molecular weight is 1030 g/mol. The van der Waals surface area contributed by atoms with Gasteiger partial charge in [0.2, 0.25) is 0 Å². The van der Waals surface area contributed by atoms with Gasteiger partial charge in [-0.1, -0.05) is 156 Å². The molecule has 0 spiro atoms. The highest BCUT2D eigenvalue weighted by Crippen LogP contribution is 2.63. The predicted molar refractivity (Wildman–Crippen MR) is 314 cm³/mol. The van der Waals surface area contributed by atoms with Gasteiger partial charge in [-0.25, -0.2) is 0 Å². The minimum atomic E-state index is 0.481. The van der Waals surface area contributed by atoms with Gasteiger partial charge < -0.3 is 9.47 Å². The molecule has 0 N–H and O–H groups in total. The van der Waals surface area contributed by atoms with E-state index >= 15 is 0 Å². The topological polar surface area (TPSA) is 24.9 Å². The zero-order chi connectivity index (χ0) is 50.6. The molecule has 10 unspecified atom stereocenters. The Bertz CT molecular complexity index is 1430. The lowest BCUT2D eigenvalue weighted by Gasteiger charge is -2.67. The van der Waals surface area contributed by atoms with E-state index in [1.54, 1.807) is 0 Å². The minimum Gasteiger partial charge on any atom is -0.375 e. The Morgan fingerprint density at radius 1 is 0.324 bits per heavy atom. The van der Waals surface area contributed by atoms with Gasteiger partial charge in [0.15, 0.2) is 0 Å². The summed E-state index contributed by atoms with van der Waals surface area (Å²) in [6.07, 6.45) is 68.6. The fourth-order valence-electron chi connectivity index (χ4n) is 20.8. The van der Waals surface area contributed by atoms with Gasteiger partial charge >= 0.3 is 0 Å². The second-order valence-electron chi connectivity index (χ2n) is 29.6. The third-order valence-corrected chi connectivity index (χ3v) is 24.8. The average Bonchev–Trinajstić information content (AvgIpc) is 3.44. The van der Waals surface area contributed by atoms with Crippen LogP contribution in [-0.4, -0.2) is 70.5 Å². The monoisotopic (exact) mass is 1020 g/mol. The van der Waals surface area contributed by atoms with Gasteiger partial charge in [-0.3, -0.25) is 9.80 Å². The summed E-state index contributed by atoms with van der Waals surface area (Å²) in [7, 11) is 0. The van der Waals surface area contributed by atoms with Gasteiger partial charge in [-0.2, -0.15) is 0 Å². The van der Waals surface area contributed by atoms with Crippen molar-refractivity contribution in [2.45, 2.75) is 384 Å². The maximum Gasteiger partial charge on any atom is 0.0624 e. The molecule has 74 heavy (non-hydrogen) atoms. The van der Waals surface area contributed by atoms with E-state index in [-0.39, 0.29) is 0 Å². The van der Waals surface area contributed by atoms with E-state index in [4.69, 9.17) is 9.47 Å². The zero-order valence-corrected chi connectivity index (χ0v) is 49.8. The normalized spacial score (nSPS) is 41.6. The van der Waals surface area contributed by atoms with Crippen LogP contribution in [0.4, 0.5) is 0 Å². The Morgan fingerprint density at radius 2 is 0.649 bits per heavy atom. The van der Waals surface area contributed by atoms with Crippen molar-refractivity contribution in [2.24, 2.45) is 59.2 Å². The van der Waals surface area contributed by atoms with Gasteiger partial charge in [0.1, 0.15) is 0 Å². The number of nitrogens with zero attached hydrogens (tertiary/aromatic N) is 2. The SMILES string of the molecule is CCCCCCCCC1CCC(N(C2CCC(C)CC2)C2CC(OC3CCCCC3)C3CCC4C5C(CCC2C35)C(OC2CCCCC2)CC4N(C2CCC(C)CC2)C2CCC(CCCCCCCC)CC2)CC1. The molecule has 10 fully saturated rings. The second-order valence-corrected chi connectivity index (χ2v) is 29.6. The first-order chi connectivity index (χ1) is 36.4. The van der Waals surface area contributed by atoms with E-state index in [1.807, 2.05) is 0 Å². The molecule has 10 saturated carbocycles. The highest BCUT2D eigenvalue weighted by molar-refractivity contribution is 5.14. The maximum atomic E-state index is 7.87. The summed E-state index contributed by atoms with van der Waals surface area (Å²) >= 11 is 0. The molecule has 0 radical (unpaired) electrons. The van der Waals surface area contributed by atoms with Crippen LogP contribution >= 0.6 is 0 Å². The Kier molecular flexibility index (Phi) is 22.4. The summed E-state index contributed by atoms with van der Waals surface area (Å²) in [5.41, 5.74) is 0. The molecule has 0 aromatic carbocycles. The number of ether oxygens (including phenoxy) is 2. The summed E-state index contributed by atoms with van der Waals surface area (Å²) in [6.45, 7) is 9.90. The van der Waals surface area contributed by atoms with E-state index in [0.29, 0.717) is 24.4 Å². The fourth-order valence-corrected chi connectivity index (χ4v) is 20.8. The maximum absolute atomic E-state index is 7.87. The van der Waals surface area contributed by atoms with Crippen LogP contribution in [0.25, 0.3) is 0 Å². The van der Waals surface area contributed by atoms with Crippen molar-refractivity contribution in [1.82, 2.24) is 9.80 Å². The summed E-state index contributed by atoms with van der Waals surface area (Å²) < 4.78 is 15.7. The molecule has 0 amide bonds. The van der Waals surface area contributed by atoms with E-state index in [1.165, 1.54) is 295 Å². The summed E-state index contributed by atoms with van der Waals surface area (Å²) in [6, 6.07) is 4.71. The van der Waals surface area contributed by atoms with Crippen molar-refractivity contribution < 1.29 is 9.47 Å². The van der Waals surface area contributed by atoms with Gasteiger partial charge in [0, 0.05) is 36.3 Å². The van der Waals surface area contributed by atoms with Crippen LogP contribution in [0.2, 0.25) is 0 Å². The van der Waals surface area contributed by atoms with Crippen molar-refractivity contribution in [3.05, 3.63) is 0 Å². The molecule has 426 valence electrons. The highest BCUT2D eigenvalue weighted by atomic mass is 16.5. The molecular formula is C70H124N2O2. The van der Waals surface area contributed by atoms with E-state index in [0.717, 1.165) is 95.4 Å². The van der Waals surface area contributed by atoms with Crippen LogP contribution in [0, 0.1) is 59.2 Å². The van der Waals surface area contributed by atoms with E-state index in [9.17, 15) is 0 Å². The minimum absolute atomic E-state index is 0.481. The Balaban J connectivity index is 0.947. The Morgan fingerprint density at radius 3 is 1.01 bits per heavy atom. The van der Waals surface area contributed by atoms with Crippen molar-refractivity contribution in [2.75, 3.05) is 0 Å². The molecule has 10 aliphatic rings. The Hall–Kier alpha value is -0.160. The summed E-state index contributed by atoms with van der Waals surface area (Å²) in [5.74, 6) is 8.79. The first-order valence-corrected chi connectivity index (χ1v) is 35.3. The number of hydrogen-bond donors (Lipinski definition) is 0. The zero-order valence-electron chi connectivity index (χ0n) is 49.8. The first-order valence-electron chi connectivity index (χ1n) is 35.3. The molecule has 0 saturated heterocycles. The molecule has 0 heterocycles. The third-order valence-electron chi connectivity index (χ3n) is 24.8. The van der Waals surface area contributed by atoms with Crippen LogP contribution in [0.5, 0.6) is 0 Å². The van der Waals surface area contributed by atoms with Crippen LogP contribution < -0.4 is 0 Å². The van der Waals surface area contributed by atoms with Gasteiger partial charge in [0.25, 0.3) is 0 Å². The molecule has 0 bridgehead atoms. The molecule has 10 aliphatic carbocycles. The van der Waals surface area contributed by atoms with Crippen LogP contribution in [0.1, 0.15) is 323 Å². The standard InChI is InChI=1S/C70H124N2O2/c1-5-7-9-11-13-17-23-53-33-41-57(42-34-53)71(55-37-29-51(3)30-38-55)65-49-67(73-59-25-19-15-20-26-59)63-48-46-62-66(50-68(74-60-27-21-16-22-28-60)64-47-45-61(65)69(63)70(62)64)72(56-39-31-52(4)32-40-56)58-43-35-54(36-44-58)24-18-14-12-10-8-6-2/h51-70H,5-50H2,1-4H3. The second kappa shape index (κ2) is 29.0. The number of rotatable bonds is 24. The lowest BCUT2D eigenvalue weighted by Crippen LogP contribution is -2.68. The summed E-state index contributed by atoms with van der Waals surface area (Å²) in [5, 5.41) is 0. The van der Waals surface area contributed by atoms with Crippen LogP contribution in [0.15, 0.2) is 0 Å². The fraction of sp³-hybridized carbons (Fsp3) is 1.00.